The lowest BCUT2D eigenvalue weighted by Crippen LogP contribution is -2.61. The largest absolute Gasteiger partial charge is 0.460 e. The number of hydrogen-bond donors (Lipinski definition) is 4. The first-order valence-corrected chi connectivity index (χ1v) is 35.5. The normalized spacial score (nSPS) is 31.3. The van der Waals surface area contributed by atoms with E-state index in [0.717, 1.165) is 12.0 Å². The zero-order valence-corrected chi connectivity index (χ0v) is 60.0. The number of ketones is 3. The first-order valence-electron chi connectivity index (χ1n) is 35.5. The van der Waals surface area contributed by atoms with Gasteiger partial charge in [-0.3, -0.25) is 24.0 Å². The molecule has 26 nitrogen and oxygen atoms in total. The zero-order chi connectivity index (χ0) is 71.8. The maximum Gasteiger partial charge on any atom is 0.407 e. The molecular weight excluding hydrogens is 1270 g/mol. The van der Waals surface area contributed by atoms with Crippen molar-refractivity contribution >= 4 is 53.1 Å². The molecule has 15 atom stereocenters. The van der Waals surface area contributed by atoms with Crippen LogP contribution in [-0.4, -0.2) is 218 Å². The summed E-state index contributed by atoms with van der Waals surface area (Å²) in [6, 6.07) is -1.21. The van der Waals surface area contributed by atoms with E-state index in [2.05, 4.69) is 30.6 Å². The van der Waals surface area contributed by atoms with E-state index in [1.807, 2.05) is 67.9 Å². The Morgan fingerprint density at radius 3 is 2.08 bits per heavy atom. The van der Waals surface area contributed by atoms with Gasteiger partial charge in [0.1, 0.15) is 36.2 Å². The van der Waals surface area contributed by atoms with Crippen LogP contribution in [0.5, 0.6) is 0 Å². The van der Waals surface area contributed by atoms with Gasteiger partial charge in [0, 0.05) is 135 Å². The second-order valence-corrected chi connectivity index (χ2v) is 27.4. The van der Waals surface area contributed by atoms with Crippen molar-refractivity contribution in [3.63, 3.8) is 0 Å². The van der Waals surface area contributed by atoms with Gasteiger partial charge in [-0.1, -0.05) is 78.0 Å². The van der Waals surface area contributed by atoms with E-state index < -0.39 is 102 Å². The average Bonchev–Trinajstić information content (AvgIpc) is 0.781. The molecule has 2 aromatic rings. The lowest BCUT2D eigenvalue weighted by molar-refractivity contribution is -0.265. The number of nitrogens with one attached hydrogen (secondary N) is 2. The first kappa shape index (κ1) is 79.4. The predicted molar refractivity (Wildman–Crippen MR) is 369 cm³/mol. The monoisotopic (exact) mass is 1380 g/mol. The van der Waals surface area contributed by atoms with Crippen molar-refractivity contribution in [2.24, 2.45) is 35.5 Å². The molecule has 4 aliphatic heterocycles. The van der Waals surface area contributed by atoms with E-state index in [9.17, 15) is 43.8 Å². The number of carbonyl (C=O) groups is 7. The molecule has 26 heteroatoms. The van der Waals surface area contributed by atoms with Gasteiger partial charge >= 0.3 is 12.1 Å². The molecule has 0 unspecified atom stereocenters. The fourth-order valence-corrected chi connectivity index (χ4v) is 13.7. The molecule has 2 aromatic heterocycles. The molecule has 4 fully saturated rings. The molecule has 3 amide bonds. The quantitative estimate of drug-likeness (QED) is 0.0441. The van der Waals surface area contributed by atoms with Gasteiger partial charge in [-0.05, 0) is 113 Å². The Labute approximate surface area is 583 Å². The molecule has 0 aromatic carbocycles. The number of nitrogens with zero attached hydrogens (tertiary/aromatic N) is 7. The number of ether oxygens (including phenoxy) is 8. The van der Waals surface area contributed by atoms with Crippen LogP contribution >= 0.6 is 0 Å². The summed E-state index contributed by atoms with van der Waals surface area (Å²) in [4.78, 5) is 122. The minimum atomic E-state index is -2.48. The number of aliphatic hydroxyl groups is 2. The Bertz CT molecular complexity index is 3090. The number of alkyl carbamates (subject to hydrolysis) is 1. The van der Waals surface area contributed by atoms with E-state index >= 15 is 0 Å². The molecule has 1 aliphatic carbocycles. The highest BCUT2D eigenvalue weighted by molar-refractivity contribution is 6.39. The van der Waals surface area contributed by atoms with Gasteiger partial charge in [-0.25, -0.2) is 29.5 Å². The van der Waals surface area contributed by atoms with E-state index in [1.54, 1.807) is 60.4 Å². The van der Waals surface area contributed by atoms with Crippen LogP contribution in [0.3, 0.4) is 0 Å². The number of piperidine rings is 1. The summed E-state index contributed by atoms with van der Waals surface area (Å²) in [5.41, 5.74) is 2.22. The van der Waals surface area contributed by atoms with Crippen molar-refractivity contribution in [3.05, 3.63) is 83.5 Å². The van der Waals surface area contributed by atoms with Crippen molar-refractivity contribution < 1.29 is 81.7 Å². The summed E-state index contributed by atoms with van der Waals surface area (Å²) in [6.45, 7) is 19.6. The van der Waals surface area contributed by atoms with E-state index in [4.69, 9.17) is 37.9 Å². The van der Waals surface area contributed by atoms with E-state index in [0.29, 0.717) is 146 Å². The van der Waals surface area contributed by atoms with Crippen molar-refractivity contribution in [2.45, 2.75) is 200 Å². The summed E-state index contributed by atoms with van der Waals surface area (Å²) < 4.78 is 46.9. The maximum atomic E-state index is 14.8. The number of Topliss-reactive ketones (excluding diaryl/α,β-unsaturated/α-hetero) is 3. The number of fused-ring (bicyclic) bond motifs is 3. The van der Waals surface area contributed by atoms with Gasteiger partial charge in [0.05, 0.1) is 43.7 Å². The third-order valence-electron chi connectivity index (χ3n) is 19.8. The van der Waals surface area contributed by atoms with Crippen LogP contribution in [0.15, 0.2) is 72.4 Å². The molecule has 5 aliphatic rings. The lowest BCUT2D eigenvalue weighted by Gasteiger charge is -2.42. The Morgan fingerprint density at radius 2 is 1.42 bits per heavy atom. The van der Waals surface area contributed by atoms with Crippen LogP contribution in [0.1, 0.15) is 155 Å². The molecule has 99 heavy (non-hydrogen) atoms. The van der Waals surface area contributed by atoms with Crippen molar-refractivity contribution in [1.29, 1.82) is 0 Å². The number of allylic oxidation sites excluding steroid dienone is 6. The van der Waals surface area contributed by atoms with Crippen LogP contribution in [0.2, 0.25) is 0 Å². The molecular formula is C73H109N9O17. The Balaban J connectivity index is 0.970. The molecule has 2 bridgehead atoms. The van der Waals surface area contributed by atoms with Gasteiger partial charge in [0.15, 0.2) is 5.78 Å². The molecule has 548 valence electrons. The highest BCUT2D eigenvalue weighted by Crippen LogP contribution is 2.38. The minimum Gasteiger partial charge on any atom is -0.460 e. The highest BCUT2D eigenvalue weighted by Gasteiger charge is 2.53. The summed E-state index contributed by atoms with van der Waals surface area (Å²) in [5, 5.41) is 29.4. The van der Waals surface area contributed by atoms with Crippen molar-refractivity contribution in [3.8, 4) is 0 Å². The number of aliphatic hydroxyl groups excluding tert-OH is 1. The average molecular weight is 1380 g/mol. The molecule has 0 radical (unpaired) electrons. The third kappa shape index (κ3) is 22.8. The second-order valence-electron chi connectivity index (χ2n) is 27.4. The predicted octanol–water partition coefficient (Wildman–Crippen LogP) is 7.19. The summed E-state index contributed by atoms with van der Waals surface area (Å²) in [5.74, 6) is -7.89. The number of rotatable bonds is 20. The standard InChI is InChI=1S/C73H109N9O17/c1-12-31-95-33-34-96-32-25-74-67(87)55-44-77-71(78-45-55)81-29-27-80(28-30-81)70-75-41-54(42-76-70)43-79-72(90)98-59-24-22-53(38-62(59)93-10)37-49(5)61-40-58(83)48(4)36-51(7)64(85)65(94-11)63(84)50(6)35-46(2)18-14-13-15-19-47(3)60(92-9)39-56-23-21-52(8)73(91,99-56)66(86)68(88)82-26-17-16-20-57(82)69(89)97-61/h13-15,18-19,36,41-42,44-46,48-50,52-53,56-57,59-62,64-65,85,91H,12,16-17,20-35,37-40,43H2,1-11H3,(H,74,87)(H,79,90)/b15-13+,18-14+,47-19+,51-36+/t46-,48-,49-,50-,52-,53+,56+,57+,59-,60+,61+,62-,64-,65+,73-/m1/s1. The number of aromatic nitrogens is 4. The maximum absolute atomic E-state index is 14.8. The number of piperazine rings is 1. The Kier molecular flexibility index (Phi) is 31.6. The molecule has 7 rings (SSSR count). The van der Waals surface area contributed by atoms with Crippen molar-refractivity contribution in [2.75, 3.05) is 96.8 Å². The van der Waals surface area contributed by atoms with Gasteiger partial charge < -0.3 is 73.4 Å². The van der Waals surface area contributed by atoms with Gasteiger partial charge in [0.25, 0.3) is 17.6 Å². The smallest absolute Gasteiger partial charge is 0.407 e. The van der Waals surface area contributed by atoms with Gasteiger partial charge in [-0.2, -0.15) is 0 Å². The minimum absolute atomic E-state index is 0.0159. The van der Waals surface area contributed by atoms with Gasteiger partial charge in [-0.15, -0.1) is 0 Å². The second kappa shape index (κ2) is 39.3. The number of methoxy groups -OCH3 is 3. The van der Waals surface area contributed by atoms with Gasteiger partial charge in [0.2, 0.25) is 17.7 Å². The number of carbonyl (C=O) groups excluding carboxylic acids is 7. The van der Waals surface area contributed by atoms with Crippen LogP contribution in [0.25, 0.3) is 0 Å². The molecule has 6 heterocycles. The Morgan fingerprint density at radius 1 is 0.747 bits per heavy atom. The fourth-order valence-electron chi connectivity index (χ4n) is 13.7. The fraction of sp³-hybridized carbons (Fsp3) is 0.685. The van der Waals surface area contributed by atoms with Crippen LogP contribution in [0, 0.1) is 35.5 Å². The first-order chi connectivity index (χ1) is 47.5. The number of amides is 3. The molecule has 0 spiro atoms. The summed E-state index contributed by atoms with van der Waals surface area (Å²) >= 11 is 0. The third-order valence-corrected chi connectivity index (χ3v) is 19.8. The number of hydrogen-bond acceptors (Lipinski definition) is 23. The van der Waals surface area contributed by atoms with Crippen LogP contribution in [0.4, 0.5) is 16.7 Å². The van der Waals surface area contributed by atoms with E-state index in [1.165, 1.54) is 24.4 Å². The van der Waals surface area contributed by atoms with Crippen molar-refractivity contribution in [1.82, 2.24) is 35.5 Å². The molecule has 3 saturated heterocycles. The zero-order valence-electron chi connectivity index (χ0n) is 60.0. The van der Waals surface area contributed by atoms with E-state index in [-0.39, 0.29) is 61.7 Å². The number of anilines is 2. The molecule has 4 N–H and O–H groups in total. The summed E-state index contributed by atoms with van der Waals surface area (Å²) in [6.07, 6.45) is 16.6. The van der Waals surface area contributed by atoms with Crippen LogP contribution in [-0.2, 0) is 68.4 Å². The number of esters is 1. The number of cyclic esters (lactones) is 1. The SMILES string of the molecule is CCCOCCOCCNC(=O)c1cnc(N2CCN(c3ncc(CNC(=O)O[C@@H]4CC[C@@H](C[C@@H](C)[C@@H]5CC(=O)[C@H](C)/C=C(\C)[C@@H](O)[C@@H](OC)C(=O)[C@H](C)C[C@H](C)/C=C/C=C/C=C(\C)[C@@H](OC)C[C@@H]6CC[C@@H](C)[C@@](O)(O6)C(=O)C(=O)N6CCCC[C@H]6C(=O)O5)C[C@H]4OC)cn3)CC2)nc1. The molecule has 1 saturated carbocycles. The highest BCUT2D eigenvalue weighted by atomic mass is 16.6. The van der Waals surface area contributed by atoms with Crippen LogP contribution < -0.4 is 20.4 Å². The summed E-state index contributed by atoms with van der Waals surface area (Å²) in [7, 11) is 4.49. The lowest BCUT2D eigenvalue weighted by atomic mass is 9.78. The Hall–Kier alpha value is -6.91. The topological polar surface area (TPSA) is 319 Å².